The maximum Gasteiger partial charge on any atom is 0.251 e. The van der Waals surface area contributed by atoms with Crippen molar-refractivity contribution in [2.75, 3.05) is 26.3 Å². The largest absolute Gasteiger partial charge is 0.491 e. The van der Waals surface area contributed by atoms with Crippen molar-refractivity contribution in [3.63, 3.8) is 0 Å². The molecule has 1 fully saturated rings. The van der Waals surface area contributed by atoms with Gasteiger partial charge in [-0.3, -0.25) is 9.59 Å². The molecule has 2 N–H and O–H groups in total. The number of rotatable bonds is 8. The molecule has 1 saturated heterocycles. The van der Waals surface area contributed by atoms with Crippen molar-refractivity contribution in [3.05, 3.63) is 29.8 Å². The number of carbonyl (C=O) groups excluding carboxylic acids is 2. The number of hydrogen-bond acceptors (Lipinski definition) is 4. The topological polar surface area (TPSA) is 76.7 Å². The molecule has 6 nitrogen and oxygen atoms in total. The number of ether oxygens (including phenoxy) is 2. The zero-order chi connectivity index (χ0) is 16.5. The Morgan fingerprint density at radius 1 is 1.22 bits per heavy atom. The number of carbonyl (C=O) groups is 2. The second-order valence-electron chi connectivity index (χ2n) is 5.56. The molecule has 0 aliphatic carbocycles. The predicted molar refractivity (Wildman–Crippen MR) is 86.5 cm³/mol. The highest BCUT2D eigenvalue weighted by molar-refractivity contribution is 5.94. The van der Waals surface area contributed by atoms with Crippen LogP contribution in [0.1, 0.15) is 36.5 Å². The molecule has 2 amide bonds. The Hall–Kier alpha value is -2.08. The Labute approximate surface area is 136 Å². The Morgan fingerprint density at radius 3 is 2.61 bits per heavy atom. The van der Waals surface area contributed by atoms with E-state index in [1.165, 1.54) is 6.92 Å². The molecule has 1 heterocycles. The summed E-state index contributed by atoms with van der Waals surface area (Å²) in [6, 6.07) is 7.07. The second-order valence-corrected chi connectivity index (χ2v) is 5.56. The maximum absolute atomic E-state index is 12.0. The van der Waals surface area contributed by atoms with E-state index in [0.717, 1.165) is 25.2 Å². The van der Waals surface area contributed by atoms with Gasteiger partial charge in [-0.15, -0.1) is 0 Å². The van der Waals surface area contributed by atoms with E-state index >= 15 is 0 Å². The van der Waals surface area contributed by atoms with Crippen molar-refractivity contribution in [3.8, 4) is 5.75 Å². The lowest BCUT2D eigenvalue weighted by Gasteiger charge is -2.11. The van der Waals surface area contributed by atoms with Crippen LogP contribution in [0.15, 0.2) is 24.3 Å². The lowest BCUT2D eigenvalue weighted by Crippen LogP contribution is -2.28. The van der Waals surface area contributed by atoms with E-state index in [-0.39, 0.29) is 17.9 Å². The van der Waals surface area contributed by atoms with Crippen LogP contribution in [-0.4, -0.2) is 44.2 Å². The average molecular weight is 320 g/mol. The van der Waals surface area contributed by atoms with Crippen molar-refractivity contribution >= 4 is 11.8 Å². The van der Waals surface area contributed by atoms with Crippen molar-refractivity contribution in [1.29, 1.82) is 0 Å². The summed E-state index contributed by atoms with van der Waals surface area (Å²) in [7, 11) is 0. The summed E-state index contributed by atoms with van der Waals surface area (Å²) in [6.07, 6.45) is 3.02. The SMILES string of the molecule is CC(=O)NCCCNC(=O)c1ccc(OCC2CCCO2)cc1. The van der Waals surface area contributed by atoms with Crippen LogP contribution in [0.5, 0.6) is 5.75 Å². The number of hydrogen-bond donors (Lipinski definition) is 2. The van der Waals surface area contributed by atoms with Crippen LogP contribution in [0.2, 0.25) is 0 Å². The first-order valence-corrected chi connectivity index (χ1v) is 8.02. The van der Waals surface area contributed by atoms with Crippen LogP contribution in [0.3, 0.4) is 0 Å². The van der Waals surface area contributed by atoms with E-state index in [2.05, 4.69) is 10.6 Å². The smallest absolute Gasteiger partial charge is 0.251 e. The minimum absolute atomic E-state index is 0.0603. The van der Waals surface area contributed by atoms with Gasteiger partial charge in [-0.2, -0.15) is 0 Å². The molecule has 6 heteroatoms. The van der Waals surface area contributed by atoms with Crippen molar-refractivity contribution in [2.45, 2.75) is 32.3 Å². The van der Waals surface area contributed by atoms with Gasteiger partial charge in [0.05, 0.1) is 6.10 Å². The number of amides is 2. The fourth-order valence-corrected chi connectivity index (χ4v) is 2.32. The van der Waals surface area contributed by atoms with E-state index in [4.69, 9.17) is 9.47 Å². The molecule has 23 heavy (non-hydrogen) atoms. The Balaban J connectivity index is 1.68. The van der Waals surface area contributed by atoms with Crippen LogP contribution < -0.4 is 15.4 Å². The van der Waals surface area contributed by atoms with Crippen LogP contribution in [0.25, 0.3) is 0 Å². The third-order valence-corrected chi connectivity index (χ3v) is 3.59. The minimum Gasteiger partial charge on any atom is -0.491 e. The van der Waals surface area contributed by atoms with Crippen molar-refractivity contribution < 1.29 is 19.1 Å². The van der Waals surface area contributed by atoms with Gasteiger partial charge in [0.1, 0.15) is 12.4 Å². The van der Waals surface area contributed by atoms with Crippen LogP contribution in [0.4, 0.5) is 0 Å². The van der Waals surface area contributed by atoms with E-state index in [1.807, 2.05) is 0 Å². The molecule has 1 aromatic carbocycles. The number of nitrogens with one attached hydrogen (secondary N) is 2. The van der Waals surface area contributed by atoms with E-state index in [0.29, 0.717) is 31.7 Å². The monoisotopic (exact) mass is 320 g/mol. The Morgan fingerprint density at radius 2 is 1.96 bits per heavy atom. The summed E-state index contributed by atoms with van der Waals surface area (Å²) in [5.41, 5.74) is 0.592. The van der Waals surface area contributed by atoms with Gasteiger partial charge < -0.3 is 20.1 Å². The van der Waals surface area contributed by atoms with E-state index in [9.17, 15) is 9.59 Å². The summed E-state index contributed by atoms with van der Waals surface area (Å²) in [6.45, 7) is 3.92. The van der Waals surface area contributed by atoms with Crippen molar-refractivity contribution in [1.82, 2.24) is 10.6 Å². The van der Waals surface area contributed by atoms with Gasteiger partial charge in [-0.1, -0.05) is 0 Å². The highest BCUT2D eigenvalue weighted by Crippen LogP contribution is 2.16. The van der Waals surface area contributed by atoms with Gasteiger partial charge in [-0.05, 0) is 43.5 Å². The van der Waals surface area contributed by atoms with Gasteiger partial charge in [0.2, 0.25) is 5.91 Å². The van der Waals surface area contributed by atoms with Crippen LogP contribution >= 0.6 is 0 Å². The van der Waals surface area contributed by atoms with E-state index < -0.39 is 0 Å². The molecular weight excluding hydrogens is 296 g/mol. The molecule has 0 saturated carbocycles. The molecule has 2 rings (SSSR count). The van der Waals surface area contributed by atoms with E-state index in [1.54, 1.807) is 24.3 Å². The molecule has 126 valence electrons. The normalized spacial score (nSPS) is 16.8. The summed E-state index contributed by atoms with van der Waals surface area (Å²) >= 11 is 0. The summed E-state index contributed by atoms with van der Waals surface area (Å²) in [5, 5.41) is 5.50. The first kappa shape index (κ1) is 17.3. The fraction of sp³-hybridized carbons (Fsp3) is 0.529. The highest BCUT2D eigenvalue weighted by atomic mass is 16.5. The van der Waals surface area contributed by atoms with Gasteiger partial charge in [0.15, 0.2) is 0 Å². The Kier molecular flexibility index (Phi) is 6.87. The molecule has 1 atom stereocenters. The molecular formula is C17H24N2O4. The lowest BCUT2D eigenvalue weighted by molar-refractivity contribution is -0.118. The lowest BCUT2D eigenvalue weighted by atomic mass is 10.2. The third-order valence-electron chi connectivity index (χ3n) is 3.59. The molecule has 0 bridgehead atoms. The molecule has 1 aliphatic rings. The van der Waals surface area contributed by atoms with Gasteiger partial charge in [0, 0.05) is 32.2 Å². The highest BCUT2D eigenvalue weighted by Gasteiger charge is 2.16. The zero-order valence-corrected chi connectivity index (χ0v) is 13.5. The van der Waals surface area contributed by atoms with Gasteiger partial charge in [-0.25, -0.2) is 0 Å². The average Bonchev–Trinajstić information content (AvgIpc) is 3.06. The predicted octanol–water partition coefficient (Wildman–Crippen LogP) is 1.50. The van der Waals surface area contributed by atoms with Gasteiger partial charge in [0.25, 0.3) is 5.91 Å². The summed E-state index contributed by atoms with van der Waals surface area (Å²) < 4.78 is 11.2. The first-order valence-electron chi connectivity index (χ1n) is 8.02. The minimum atomic E-state index is -0.126. The maximum atomic E-state index is 12.0. The zero-order valence-electron chi connectivity index (χ0n) is 13.5. The first-order chi connectivity index (χ1) is 11.1. The molecule has 0 spiro atoms. The summed E-state index contributed by atoms with van der Waals surface area (Å²) in [5.74, 6) is 0.552. The molecule has 1 unspecified atom stereocenters. The second kappa shape index (κ2) is 9.15. The number of benzene rings is 1. The summed E-state index contributed by atoms with van der Waals surface area (Å²) in [4.78, 5) is 22.7. The van der Waals surface area contributed by atoms with Crippen LogP contribution in [-0.2, 0) is 9.53 Å². The van der Waals surface area contributed by atoms with Crippen molar-refractivity contribution in [2.24, 2.45) is 0 Å². The molecule has 1 aromatic rings. The fourth-order valence-electron chi connectivity index (χ4n) is 2.32. The standard InChI is InChI=1S/C17H24N2O4/c1-13(20)18-9-3-10-19-17(21)14-5-7-15(8-6-14)23-12-16-4-2-11-22-16/h5-8,16H,2-4,9-12H2,1H3,(H,18,20)(H,19,21). The van der Waals surface area contributed by atoms with Gasteiger partial charge >= 0.3 is 0 Å². The molecule has 0 radical (unpaired) electrons. The third kappa shape index (κ3) is 6.28. The molecule has 0 aromatic heterocycles. The van der Waals surface area contributed by atoms with Crippen LogP contribution in [0, 0.1) is 0 Å². The molecule has 1 aliphatic heterocycles. The quantitative estimate of drug-likeness (QED) is 0.712. The Bertz CT molecular complexity index is 510.